The van der Waals surface area contributed by atoms with E-state index in [4.69, 9.17) is 0 Å². The first-order chi connectivity index (χ1) is 3.27. The van der Waals surface area contributed by atoms with Crippen LogP contribution in [0.4, 0.5) is 0 Å². The highest BCUT2D eigenvalue weighted by Gasteiger charge is 1.74. The van der Waals surface area contributed by atoms with Crippen molar-refractivity contribution in [2.45, 2.75) is 6.92 Å². The molecule has 0 amide bonds. The molecule has 0 radical (unpaired) electrons. The van der Waals surface area contributed by atoms with E-state index >= 15 is 0 Å². The molecule has 1 unspecified atom stereocenters. The lowest BCUT2D eigenvalue weighted by Crippen LogP contribution is -3.03. The lowest BCUT2D eigenvalue weighted by atomic mass is 10.5. The van der Waals surface area contributed by atoms with E-state index in [0.29, 0.717) is 6.54 Å². The van der Waals surface area contributed by atoms with Crippen molar-refractivity contribution >= 4 is 0 Å². The van der Waals surface area contributed by atoms with Crippen molar-refractivity contribution in [1.82, 2.24) is 0 Å². The highest BCUT2D eigenvalue weighted by Crippen LogP contribution is 1.58. The number of nitrogens with one attached hydrogen (secondary N) is 1. The van der Waals surface area contributed by atoms with Gasteiger partial charge in [-0.3, -0.25) is 0 Å². The van der Waals surface area contributed by atoms with Gasteiger partial charge in [-0.1, -0.05) is 6.08 Å². The van der Waals surface area contributed by atoms with Crippen LogP contribution in [0.2, 0.25) is 0 Å². The highest BCUT2D eigenvalue weighted by atomic mass is 16.5. The van der Waals surface area contributed by atoms with E-state index in [1.807, 2.05) is 19.1 Å². The van der Waals surface area contributed by atoms with Crippen molar-refractivity contribution in [3.8, 4) is 0 Å². The predicted octanol–water partition coefficient (Wildman–Crippen LogP) is -0.425. The van der Waals surface area contributed by atoms with Gasteiger partial charge < -0.3 is 10.3 Å². The molecule has 0 aromatic carbocycles. The average molecular weight is 101 g/mol. The topological polar surface area (TPSA) is 27.5 Å². The van der Waals surface area contributed by atoms with Crippen LogP contribution in [0.25, 0.3) is 0 Å². The summed E-state index contributed by atoms with van der Waals surface area (Å²) in [5.74, 6) is 0. The van der Waals surface area contributed by atoms with E-state index in [0.717, 1.165) is 0 Å². The van der Waals surface area contributed by atoms with E-state index < -0.39 is 0 Å². The first-order valence-corrected chi connectivity index (χ1v) is 2.38. The van der Waals surface area contributed by atoms with Crippen molar-refractivity contribution in [3.63, 3.8) is 0 Å². The van der Waals surface area contributed by atoms with Gasteiger partial charge in [0.15, 0.2) is 0 Å². The van der Waals surface area contributed by atoms with Gasteiger partial charge in [0.05, 0.1) is 13.6 Å². The Bertz CT molecular complexity index is 59.1. The molecule has 42 valence electrons. The average Bonchev–Trinajstić information content (AvgIpc) is 1.61. The van der Waals surface area contributed by atoms with Crippen LogP contribution in [0, 0.1) is 5.21 Å². The van der Waals surface area contributed by atoms with E-state index in [2.05, 4.69) is 0 Å². The van der Waals surface area contributed by atoms with Crippen molar-refractivity contribution in [2.24, 2.45) is 0 Å². The second-order valence-corrected chi connectivity index (χ2v) is 1.48. The van der Waals surface area contributed by atoms with Crippen molar-refractivity contribution in [3.05, 3.63) is 17.4 Å². The lowest BCUT2D eigenvalue weighted by Gasteiger charge is -2.11. The van der Waals surface area contributed by atoms with Crippen LogP contribution in [-0.2, 0) is 0 Å². The number of hydrogen-bond donors (Lipinski definition) is 1. The van der Waals surface area contributed by atoms with E-state index in [1.54, 1.807) is 7.05 Å². The summed E-state index contributed by atoms with van der Waals surface area (Å²) in [6, 6.07) is 0. The van der Waals surface area contributed by atoms with Crippen molar-refractivity contribution < 1.29 is 5.06 Å². The molecule has 2 nitrogen and oxygen atoms in total. The largest absolute Gasteiger partial charge is 0.634 e. The SMILES string of the molecule is C/C=C\C[NH+](C)[O-]. The fourth-order valence-corrected chi connectivity index (χ4v) is 0.284. The van der Waals surface area contributed by atoms with Gasteiger partial charge >= 0.3 is 0 Å². The molecule has 0 fully saturated rings. The number of quaternary nitrogens is 1. The first kappa shape index (κ1) is 6.66. The molecular formula is C5H11NO. The quantitative estimate of drug-likeness (QED) is 0.371. The van der Waals surface area contributed by atoms with Gasteiger partial charge in [-0.15, -0.1) is 0 Å². The zero-order valence-corrected chi connectivity index (χ0v) is 4.77. The fourth-order valence-electron chi connectivity index (χ4n) is 0.284. The minimum absolute atomic E-state index is 0.220. The van der Waals surface area contributed by atoms with Crippen LogP contribution in [0.1, 0.15) is 6.92 Å². The third kappa shape index (κ3) is 5.66. The van der Waals surface area contributed by atoms with Gasteiger partial charge in [-0.2, -0.15) is 0 Å². The summed E-state index contributed by atoms with van der Waals surface area (Å²) in [5, 5.41) is 10.4. The molecule has 0 aromatic rings. The summed E-state index contributed by atoms with van der Waals surface area (Å²) >= 11 is 0. The molecule has 0 saturated carbocycles. The first-order valence-electron chi connectivity index (χ1n) is 2.38. The molecule has 7 heavy (non-hydrogen) atoms. The van der Waals surface area contributed by atoms with Crippen LogP contribution in [-0.4, -0.2) is 13.6 Å². The molecule has 0 aliphatic rings. The van der Waals surface area contributed by atoms with Crippen LogP contribution >= 0.6 is 0 Å². The van der Waals surface area contributed by atoms with Crippen LogP contribution < -0.4 is 5.06 Å². The summed E-state index contributed by atoms with van der Waals surface area (Å²) in [4.78, 5) is 0. The van der Waals surface area contributed by atoms with Crippen LogP contribution in [0.3, 0.4) is 0 Å². The van der Waals surface area contributed by atoms with Crippen molar-refractivity contribution in [2.75, 3.05) is 13.6 Å². The highest BCUT2D eigenvalue weighted by molar-refractivity contribution is 4.74. The molecule has 0 rings (SSSR count). The Hall–Kier alpha value is -0.340. The summed E-state index contributed by atoms with van der Waals surface area (Å²) in [7, 11) is 1.58. The van der Waals surface area contributed by atoms with Crippen LogP contribution in [0.5, 0.6) is 0 Å². The Balaban J connectivity index is 2.97. The Labute approximate surface area is 44.0 Å². The molecule has 0 heterocycles. The molecule has 0 saturated heterocycles. The lowest BCUT2D eigenvalue weighted by molar-refractivity contribution is -0.818. The molecule has 0 bridgehead atoms. The molecule has 1 atom stereocenters. The molecule has 0 aliphatic carbocycles. The predicted molar refractivity (Wildman–Crippen MR) is 29.9 cm³/mol. The fraction of sp³-hybridized carbons (Fsp3) is 0.600. The number of allylic oxidation sites excluding steroid dienone is 1. The number of rotatable bonds is 2. The summed E-state index contributed by atoms with van der Waals surface area (Å²) in [6.45, 7) is 2.49. The zero-order valence-electron chi connectivity index (χ0n) is 4.77. The van der Waals surface area contributed by atoms with Gasteiger partial charge in [0.2, 0.25) is 0 Å². The summed E-state index contributed by atoms with van der Waals surface area (Å²) < 4.78 is 0. The monoisotopic (exact) mass is 101 g/mol. The van der Waals surface area contributed by atoms with Gasteiger partial charge in [0.1, 0.15) is 0 Å². The normalized spacial score (nSPS) is 15.3. The minimum atomic E-state index is 0.220. The van der Waals surface area contributed by atoms with Gasteiger partial charge in [-0.25, -0.2) is 0 Å². The minimum Gasteiger partial charge on any atom is -0.634 e. The summed E-state index contributed by atoms with van der Waals surface area (Å²) in [6.07, 6.45) is 3.73. The van der Waals surface area contributed by atoms with Crippen LogP contribution in [0.15, 0.2) is 12.2 Å². The third-order valence-corrected chi connectivity index (χ3v) is 0.641. The molecule has 2 heteroatoms. The molecular weight excluding hydrogens is 90.1 g/mol. The smallest absolute Gasteiger partial charge is 0.0953 e. The van der Waals surface area contributed by atoms with Gasteiger partial charge in [0, 0.05) is 0 Å². The zero-order chi connectivity index (χ0) is 5.70. The standard InChI is InChI=1S/C5H11NO/c1-3-4-5-6(2)7/h3-4,6H,5H2,1-2H3/b4-3-. The summed E-state index contributed by atoms with van der Waals surface area (Å²) in [5.41, 5.74) is 0. The number of likely N-dealkylation sites (N-methyl/N-ethyl adjacent to an activating group) is 1. The Morgan fingerprint density at radius 3 is 2.43 bits per heavy atom. The third-order valence-electron chi connectivity index (χ3n) is 0.641. The molecule has 0 aromatic heterocycles. The van der Waals surface area contributed by atoms with E-state index in [-0.39, 0.29) is 5.06 Å². The van der Waals surface area contributed by atoms with E-state index in [9.17, 15) is 5.21 Å². The van der Waals surface area contributed by atoms with Gasteiger partial charge in [-0.05, 0) is 13.0 Å². The van der Waals surface area contributed by atoms with Crippen molar-refractivity contribution in [1.29, 1.82) is 0 Å². The molecule has 1 N–H and O–H groups in total. The second kappa shape index (κ2) is 3.84. The molecule has 0 spiro atoms. The second-order valence-electron chi connectivity index (χ2n) is 1.48. The maximum Gasteiger partial charge on any atom is 0.0953 e. The number of hydrogen-bond acceptors (Lipinski definition) is 1. The Kier molecular flexibility index (Phi) is 3.65. The Morgan fingerprint density at radius 1 is 1.71 bits per heavy atom. The maximum atomic E-state index is 10.2. The Morgan fingerprint density at radius 2 is 2.29 bits per heavy atom. The van der Waals surface area contributed by atoms with Gasteiger partial charge in [0.25, 0.3) is 0 Å². The maximum absolute atomic E-state index is 10.2. The van der Waals surface area contributed by atoms with E-state index in [1.165, 1.54) is 0 Å². The molecule has 0 aliphatic heterocycles. The number of hydroxylamine groups is 2.